The number of fused-ring (bicyclic) bond motifs is 2. The van der Waals surface area contributed by atoms with E-state index in [1.807, 2.05) is 19.1 Å². The number of aliphatic hydroxyl groups is 1. The third kappa shape index (κ3) is 3.16. The molecule has 4 aliphatic heterocycles. The molecule has 1 N–H and O–H groups in total. The normalized spacial score (nSPS) is 34.8. The Morgan fingerprint density at radius 1 is 1.12 bits per heavy atom. The Morgan fingerprint density at radius 2 is 1.91 bits per heavy atom. The van der Waals surface area contributed by atoms with E-state index >= 15 is 0 Å². The molecule has 1 unspecified atom stereocenters. The van der Waals surface area contributed by atoms with Gasteiger partial charge in [-0.3, -0.25) is 14.4 Å². The lowest BCUT2D eigenvalue weighted by Crippen LogP contribution is -2.56. The van der Waals surface area contributed by atoms with Crippen LogP contribution in [0.25, 0.3) is 0 Å². The largest absolute Gasteiger partial charge is 0.465 e. The van der Waals surface area contributed by atoms with E-state index in [9.17, 15) is 19.5 Å². The first-order chi connectivity index (χ1) is 16.4. The van der Waals surface area contributed by atoms with Gasteiger partial charge in [0.1, 0.15) is 23.2 Å². The number of halogens is 1. The van der Waals surface area contributed by atoms with Crippen LogP contribution in [0.1, 0.15) is 19.8 Å². The van der Waals surface area contributed by atoms with Crippen molar-refractivity contribution in [1.82, 2.24) is 4.90 Å². The molecule has 0 aliphatic carbocycles. The number of β-amino-alcohol motifs (C(OH)–C–C–N with tert-alkyl or cyclic N) is 1. The number of hydrogen-bond acceptors (Lipinski definition) is 6. The lowest BCUT2D eigenvalue weighted by molar-refractivity contribution is -0.160. The number of aliphatic hydroxyl groups excluding tert-OH is 1. The van der Waals surface area contributed by atoms with Gasteiger partial charge in [0, 0.05) is 13.1 Å². The van der Waals surface area contributed by atoms with Gasteiger partial charge in [0.15, 0.2) is 0 Å². The minimum Gasteiger partial charge on any atom is -0.465 e. The van der Waals surface area contributed by atoms with E-state index < -0.39 is 41.0 Å². The third-order valence-corrected chi connectivity index (χ3v) is 7.71. The number of carbonyl (C=O) groups is 3. The Hall–Kier alpha value is -2.68. The number of amides is 2. The SMILES string of the molecule is CC[C@@]12C=CCCOC(=O)[C@@H]1[C@H]1C(=O)N(CCO)C3C(=O)N(c4ccccc4Cl)CC=C[C@@]31O2. The number of para-hydroxylation sites is 1. The zero-order valence-corrected chi connectivity index (χ0v) is 19.6. The van der Waals surface area contributed by atoms with Crippen LogP contribution in [0.2, 0.25) is 5.02 Å². The number of ether oxygens (including phenoxy) is 2. The molecule has 4 aliphatic rings. The van der Waals surface area contributed by atoms with Crippen molar-refractivity contribution in [3.8, 4) is 0 Å². The van der Waals surface area contributed by atoms with E-state index in [1.165, 1.54) is 9.80 Å². The number of carbonyl (C=O) groups excluding carboxylic acids is 3. The van der Waals surface area contributed by atoms with Crippen molar-refractivity contribution in [1.29, 1.82) is 0 Å². The van der Waals surface area contributed by atoms with Crippen molar-refractivity contribution < 1.29 is 29.0 Å². The summed E-state index contributed by atoms with van der Waals surface area (Å²) in [7, 11) is 0. The Labute approximate surface area is 202 Å². The molecule has 8 nitrogen and oxygen atoms in total. The summed E-state index contributed by atoms with van der Waals surface area (Å²) >= 11 is 6.41. The predicted molar refractivity (Wildman–Crippen MR) is 124 cm³/mol. The minimum atomic E-state index is -1.38. The molecule has 1 spiro atoms. The molecular weight excluding hydrogens is 460 g/mol. The smallest absolute Gasteiger partial charge is 0.313 e. The Bertz CT molecular complexity index is 1090. The lowest BCUT2D eigenvalue weighted by atomic mass is 9.73. The summed E-state index contributed by atoms with van der Waals surface area (Å²) in [5.41, 5.74) is -1.94. The van der Waals surface area contributed by atoms with E-state index in [0.29, 0.717) is 23.6 Å². The van der Waals surface area contributed by atoms with Gasteiger partial charge >= 0.3 is 5.97 Å². The van der Waals surface area contributed by atoms with Gasteiger partial charge in [-0.05, 0) is 25.0 Å². The highest BCUT2D eigenvalue weighted by atomic mass is 35.5. The average molecular weight is 487 g/mol. The number of cyclic esters (lactones) is 1. The maximum absolute atomic E-state index is 14.1. The Balaban J connectivity index is 1.68. The number of likely N-dealkylation sites (tertiary alicyclic amines) is 1. The number of benzene rings is 1. The van der Waals surface area contributed by atoms with Crippen molar-refractivity contribution in [2.45, 2.75) is 37.0 Å². The fourth-order valence-electron chi connectivity index (χ4n) is 5.96. The highest BCUT2D eigenvalue weighted by molar-refractivity contribution is 6.34. The maximum atomic E-state index is 14.1. The number of esters is 1. The molecule has 2 fully saturated rings. The van der Waals surface area contributed by atoms with Crippen molar-refractivity contribution in [3.63, 3.8) is 0 Å². The quantitative estimate of drug-likeness (QED) is 0.517. The molecule has 2 amide bonds. The van der Waals surface area contributed by atoms with E-state index in [2.05, 4.69) is 0 Å². The van der Waals surface area contributed by atoms with Crippen LogP contribution in [-0.2, 0) is 23.9 Å². The highest BCUT2D eigenvalue weighted by Crippen LogP contribution is 2.58. The average Bonchev–Trinajstić information content (AvgIpc) is 3.15. The third-order valence-electron chi connectivity index (χ3n) is 7.39. The van der Waals surface area contributed by atoms with Crippen molar-refractivity contribution >= 4 is 35.1 Å². The molecule has 0 bridgehead atoms. The molecule has 4 heterocycles. The fourth-order valence-corrected chi connectivity index (χ4v) is 6.20. The number of anilines is 1. The summed E-state index contributed by atoms with van der Waals surface area (Å²) in [6.07, 6.45) is 8.30. The topological polar surface area (TPSA) is 96.4 Å². The molecule has 2 saturated heterocycles. The van der Waals surface area contributed by atoms with Crippen LogP contribution in [0.4, 0.5) is 5.69 Å². The van der Waals surface area contributed by atoms with Crippen LogP contribution < -0.4 is 4.90 Å². The van der Waals surface area contributed by atoms with E-state index in [0.717, 1.165) is 0 Å². The molecule has 0 saturated carbocycles. The molecule has 180 valence electrons. The van der Waals surface area contributed by atoms with Gasteiger partial charge < -0.3 is 24.4 Å². The van der Waals surface area contributed by atoms with Crippen LogP contribution in [-0.4, -0.2) is 71.3 Å². The Kier molecular flexibility index (Phi) is 5.78. The zero-order chi connectivity index (χ0) is 24.1. The first kappa shape index (κ1) is 23.1. The highest BCUT2D eigenvalue weighted by Gasteiger charge is 2.75. The fraction of sp³-hybridized carbons (Fsp3) is 0.480. The van der Waals surface area contributed by atoms with Crippen molar-refractivity contribution in [2.24, 2.45) is 11.8 Å². The van der Waals surface area contributed by atoms with E-state index in [1.54, 1.807) is 36.4 Å². The summed E-state index contributed by atoms with van der Waals surface area (Å²) in [6, 6.07) is 5.94. The predicted octanol–water partition coefficient (Wildman–Crippen LogP) is 2.10. The summed E-state index contributed by atoms with van der Waals surface area (Å²) in [5, 5.41) is 10.1. The first-order valence-corrected chi connectivity index (χ1v) is 12.0. The van der Waals surface area contributed by atoms with E-state index in [4.69, 9.17) is 21.1 Å². The second-order valence-corrected chi connectivity index (χ2v) is 9.45. The molecule has 0 radical (unpaired) electrons. The van der Waals surface area contributed by atoms with Gasteiger partial charge in [-0.1, -0.05) is 55.0 Å². The van der Waals surface area contributed by atoms with Gasteiger partial charge in [0.25, 0.3) is 5.91 Å². The summed E-state index contributed by atoms with van der Waals surface area (Å²) in [5.74, 6) is -3.13. The molecule has 1 aromatic carbocycles. The van der Waals surface area contributed by atoms with Gasteiger partial charge in [0.2, 0.25) is 5.91 Å². The molecule has 5 rings (SSSR count). The number of hydrogen-bond donors (Lipinski definition) is 1. The van der Waals surface area contributed by atoms with Gasteiger partial charge in [-0.15, -0.1) is 0 Å². The molecule has 34 heavy (non-hydrogen) atoms. The van der Waals surface area contributed by atoms with Crippen molar-refractivity contribution in [2.75, 3.05) is 31.2 Å². The van der Waals surface area contributed by atoms with Crippen LogP contribution in [0.15, 0.2) is 48.6 Å². The zero-order valence-electron chi connectivity index (χ0n) is 18.9. The summed E-state index contributed by atoms with van der Waals surface area (Å²) in [6.45, 7) is 1.95. The molecule has 0 aromatic heterocycles. The molecular formula is C25H27ClN2O6. The Morgan fingerprint density at radius 3 is 2.65 bits per heavy atom. The van der Waals surface area contributed by atoms with Crippen molar-refractivity contribution in [3.05, 3.63) is 53.6 Å². The summed E-state index contributed by atoms with van der Waals surface area (Å²) < 4.78 is 12.2. The van der Waals surface area contributed by atoms with Crippen LogP contribution in [0.3, 0.4) is 0 Å². The number of rotatable bonds is 4. The monoisotopic (exact) mass is 486 g/mol. The molecule has 5 atom stereocenters. The standard InChI is InChI=1S/C25H27ClN2O6/c1-2-24-10-5-6-15-33-23(32)19(24)18-21(30)28(13-14-29)20-22(31)27(12-7-11-25(18,20)34-24)17-9-4-3-8-16(17)26/h3-5,7-11,18-20,29H,2,6,12-15H2,1H3/t18-,19-,20?,24+,25-/m0/s1. The second-order valence-electron chi connectivity index (χ2n) is 9.04. The second kappa shape index (κ2) is 8.52. The van der Waals surface area contributed by atoms with E-state index in [-0.39, 0.29) is 32.2 Å². The van der Waals surface area contributed by atoms with Crippen LogP contribution >= 0.6 is 11.6 Å². The maximum Gasteiger partial charge on any atom is 0.313 e. The van der Waals surface area contributed by atoms with Crippen LogP contribution in [0, 0.1) is 11.8 Å². The van der Waals surface area contributed by atoms with Gasteiger partial charge in [-0.2, -0.15) is 0 Å². The lowest BCUT2D eigenvalue weighted by Gasteiger charge is -2.38. The first-order valence-electron chi connectivity index (χ1n) is 11.6. The minimum absolute atomic E-state index is 0.0578. The molecule has 9 heteroatoms. The summed E-state index contributed by atoms with van der Waals surface area (Å²) in [4.78, 5) is 44.0. The number of nitrogens with zero attached hydrogens (tertiary/aromatic N) is 2. The van der Waals surface area contributed by atoms with Gasteiger partial charge in [-0.25, -0.2) is 0 Å². The van der Waals surface area contributed by atoms with Gasteiger partial charge in [0.05, 0.1) is 29.8 Å². The van der Waals surface area contributed by atoms with Crippen LogP contribution in [0.5, 0.6) is 0 Å². The molecule has 1 aromatic rings.